The summed E-state index contributed by atoms with van der Waals surface area (Å²) < 4.78 is 0. The lowest BCUT2D eigenvalue weighted by Gasteiger charge is -2.00. The highest BCUT2D eigenvalue weighted by molar-refractivity contribution is 5.75. The van der Waals surface area contributed by atoms with E-state index in [2.05, 4.69) is 12.2 Å². The fourth-order valence-corrected chi connectivity index (χ4v) is 0.720. The maximum Gasteiger partial charge on any atom is 0.219 e. The topological polar surface area (TPSA) is 29.1 Å². The third kappa shape index (κ3) is 12.2. The molecular formula is C10H23NO. The number of hydrogen-bond acceptors (Lipinski definition) is 1. The van der Waals surface area contributed by atoms with Crippen molar-refractivity contribution in [2.45, 2.75) is 53.4 Å². The molecule has 2 nitrogen and oxygen atoms in total. The molecule has 0 radical (unpaired) electrons. The van der Waals surface area contributed by atoms with Gasteiger partial charge in [0, 0.05) is 13.0 Å². The van der Waals surface area contributed by atoms with Crippen LogP contribution in [0.1, 0.15) is 53.4 Å². The Kier molecular flexibility index (Phi) is 15.3. The van der Waals surface area contributed by atoms with E-state index in [1.165, 1.54) is 0 Å². The molecular weight excluding hydrogens is 150 g/mol. The van der Waals surface area contributed by atoms with Gasteiger partial charge < -0.3 is 5.32 Å². The van der Waals surface area contributed by atoms with Crippen LogP contribution in [-0.2, 0) is 4.79 Å². The molecule has 0 fully saturated rings. The zero-order chi connectivity index (χ0) is 9.82. The van der Waals surface area contributed by atoms with E-state index in [1.54, 1.807) is 0 Å². The van der Waals surface area contributed by atoms with Crippen molar-refractivity contribution in [2.75, 3.05) is 6.54 Å². The minimum absolute atomic E-state index is 0.191. The molecule has 0 aromatic rings. The van der Waals surface area contributed by atoms with Gasteiger partial charge in [-0.2, -0.15) is 0 Å². The molecule has 74 valence electrons. The Labute approximate surface area is 76.7 Å². The first-order chi connectivity index (χ1) is 5.81. The number of unbranched alkanes of at least 4 members (excludes halogenated alkanes) is 1. The monoisotopic (exact) mass is 173 g/mol. The van der Waals surface area contributed by atoms with Crippen LogP contribution in [0.5, 0.6) is 0 Å². The fraction of sp³-hybridized carbons (Fsp3) is 0.900. The van der Waals surface area contributed by atoms with Crippen molar-refractivity contribution in [1.82, 2.24) is 5.32 Å². The zero-order valence-corrected chi connectivity index (χ0v) is 8.94. The van der Waals surface area contributed by atoms with Crippen LogP contribution in [0.3, 0.4) is 0 Å². The molecule has 0 spiro atoms. The van der Waals surface area contributed by atoms with Crippen LogP contribution < -0.4 is 5.32 Å². The van der Waals surface area contributed by atoms with E-state index in [0.717, 1.165) is 25.8 Å². The van der Waals surface area contributed by atoms with Crippen LogP contribution in [0.2, 0.25) is 0 Å². The normalized spacial score (nSPS) is 8.33. The molecule has 0 saturated carbocycles. The van der Waals surface area contributed by atoms with Gasteiger partial charge in [0.1, 0.15) is 0 Å². The molecule has 0 aromatic carbocycles. The minimum atomic E-state index is 0.191. The second-order valence-electron chi connectivity index (χ2n) is 2.45. The van der Waals surface area contributed by atoms with Crippen LogP contribution in [0.4, 0.5) is 0 Å². The lowest BCUT2D eigenvalue weighted by molar-refractivity contribution is -0.121. The van der Waals surface area contributed by atoms with Crippen molar-refractivity contribution in [3.8, 4) is 0 Å². The van der Waals surface area contributed by atoms with E-state index < -0.39 is 0 Å². The highest BCUT2D eigenvalue weighted by atomic mass is 16.1. The average Bonchev–Trinajstić information content (AvgIpc) is 2.09. The van der Waals surface area contributed by atoms with Crippen LogP contribution in [0.15, 0.2) is 0 Å². The Morgan fingerprint density at radius 3 is 2.17 bits per heavy atom. The van der Waals surface area contributed by atoms with Crippen molar-refractivity contribution in [1.29, 1.82) is 0 Å². The van der Waals surface area contributed by atoms with Gasteiger partial charge in [0.05, 0.1) is 0 Å². The predicted octanol–water partition coefficient (Wildman–Crippen LogP) is 2.73. The first-order valence-electron chi connectivity index (χ1n) is 5.08. The Hall–Kier alpha value is -0.530. The Morgan fingerprint density at radius 2 is 1.75 bits per heavy atom. The smallest absolute Gasteiger partial charge is 0.219 e. The Bertz CT molecular complexity index is 91.8. The van der Waals surface area contributed by atoms with Gasteiger partial charge in [0.15, 0.2) is 0 Å². The van der Waals surface area contributed by atoms with E-state index >= 15 is 0 Å². The number of amides is 1. The standard InChI is InChI=1S/C8H17NO.C2H6/c1-3-5-7-9-8(10)6-4-2;1-2/h3-7H2,1-2H3,(H,9,10);1-2H3. The second-order valence-corrected chi connectivity index (χ2v) is 2.45. The van der Waals surface area contributed by atoms with Gasteiger partial charge in [-0.1, -0.05) is 34.1 Å². The maximum absolute atomic E-state index is 10.8. The quantitative estimate of drug-likeness (QED) is 0.636. The van der Waals surface area contributed by atoms with Crippen LogP contribution in [0, 0.1) is 0 Å². The van der Waals surface area contributed by atoms with Gasteiger partial charge >= 0.3 is 0 Å². The van der Waals surface area contributed by atoms with Crippen molar-refractivity contribution in [2.24, 2.45) is 0 Å². The molecule has 2 heteroatoms. The first-order valence-corrected chi connectivity index (χ1v) is 5.08. The van der Waals surface area contributed by atoms with E-state index in [9.17, 15) is 4.79 Å². The van der Waals surface area contributed by atoms with E-state index in [0.29, 0.717) is 6.42 Å². The van der Waals surface area contributed by atoms with Crippen LogP contribution in [0.25, 0.3) is 0 Å². The molecule has 0 atom stereocenters. The highest BCUT2D eigenvalue weighted by Crippen LogP contribution is 1.87. The summed E-state index contributed by atoms with van der Waals surface area (Å²) in [6, 6.07) is 0. The summed E-state index contributed by atoms with van der Waals surface area (Å²) in [4.78, 5) is 10.8. The highest BCUT2D eigenvalue weighted by Gasteiger charge is 1.95. The van der Waals surface area contributed by atoms with Crippen molar-refractivity contribution < 1.29 is 4.79 Å². The summed E-state index contributed by atoms with van der Waals surface area (Å²) in [6.07, 6.45) is 3.85. The average molecular weight is 173 g/mol. The number of hydrogen-bond donors (Lipinski definition) is 1. The molecule has 12 heavy (non-hydrogen) atoms. The first kappa shape index (κ1) is 14.0. The van der Waals surface area contributed by atoms with E-state index in [4.69, 9.17) is 0 Å². The summed E-state index contributed by atoms with van der Waals surface area (Å²) >= 11 is 0. The molecule has 0 saturated heterocycles. The minimum Gasteiger partial charge on any atom is -0.356 e. The summed E-state index contributed by atoms with van der Waals surface area (Å²) in [6.45, 7) is 8.97. The molecule has 0 bridgehead atoms. The zero-order valence-electron chi connectivity index (χ0n) is 8.94. The molecule has 0 rings (SSSR count). The Balaban J connectivity index is 0. The number of carbonyl (C=O) groups excluding carboxylic acids is 1. The van der Waals surface area contributed by atoms with Crippen LogP contribution in [-0.4, -0.2) is 12.5 Å². The van der Waals surface area contributed by atoms with Crippen molar-refractivity contribution in [3.63, 3.8) is 0 Å². The van der Waals surface area contributed by atoms with E-state index in [1.807, 2.05) is 20.8 Å². The largest absolute Gasteiger partial charge is 0.356 e. The van der Waals surface area contributed by atoms with Crippen molar-refractivity contribution in [3.05, 3.63) is 0 Å². The molecule has 0 unspecified atom stereocenters. The summed E-state index contributed by atoms with van der Waals surface area (Å²) in [7, 11) is 0. The lowest BCUT2D eigenvalue weighted by Crippen LogP contribution is -2.23. The van der Waals surface area contributed by atoms with E-state index in [-0.39, 0.29) is 5.91 Å². The number of rotatable bonds is 5. The fourth-order valence-electron chi connectivity index (χ4n) is 0.720. The number of carbonyl (C=O) groups is 1. The molecule has 0 aromatic heterocycles. The molecule has 0 aliphatic carbocycles. The Morgan fingerprint density at radius 1 is 1.17 bits per heavy atom. The molecule has 0 heterocycles. The third-order valence-electron chi connectivity index (χ3n) is 1.33. The van der Waals surface area contributed by atoms with Gasteiger partial charge in [-0.15, -0.1) is 0 Å². The van der Waals surface area contributed by atoms with Gasteiger partial charge in [0.2, 0.25) is 5.91 Å². The number of nitrogens with one attached hydrogen (secondary N) is 1. The van der Waals surface area contributed by atoms with Gasteiger partial charge in [-0.05, 0) is 12.8 Å². The maximum atomic E-state index is 10.8. The van der Waals surface area contributed by atoms with Gasteiger partial charge in [-0.25, -0.2) is 0 Å². The predicted molar refractivity (Wildman–Crippen MR) is 54.2 cm³/mol. The molecule has 1 N–H and O–H groups in total. The summed E-state index contributed by atoms with van der Waals surface area (Å²) in [5.74, 6) is 0.191. The van der Waals surface area contributed by atoms with Crippen LogP contribution >= 0.6 is 0 Å². The van der Waals surface area contributed by atoms with Gasteiger partial charge in [0.25, 0.3) is 0 Å². The van der Waals surface area contributed by atoms with Crippen molar-refractivity contribution >= 4 is 5.91 Å². The van der Waals surface area contributed by atoms with Gasteiger partial charge in [-0.3, -0.25) is 4.79 Å². The lowest BCUT2D eigenvalue weighted by atomic mass is 10.3. The second kappa shape index (κ2) is 13.1. The summed E-state index contributed by atoms with van der Waals surface area (Å²) in [5.41, 5.74) is 0. The molecule has 0 aliphatic rings. The molecule has 0 aliphatic heterocycles. The third-order valence-corrected chi connectivity index (χ3v) is 1.33. The SMILES string of the molecule is CC.CCCCNC(=O)CCC. The molecule has 1 amide bonds. The summed E-state index contributed by atoms with van der Waals surface area (Å²) in [5, 5.41) is 2.85.